The molecule has 0 rings (SSSR count). The third-order valence-electron chi connectivity index (χ3n) is 8.30. The van der Waals surface area contributed by atoms with Crippen molar-refractivity contribution in [2.24, 2.45) is 11.5 Å². The maximum Gasteiger partial charge on any atom is 0.407 e. The molecule has 8 amide bonds. The first-order valence-electron chi connectivity index (χ1n) is 17.9. The molecular formula is C33H62N10O10. The Morgan fingerprint density at radius 1 is 0.604 bits per heavy atom. The highest BCUT2D eigenvalue weighted by Crippen LogP contribution is 2.08. The number of hydrogen-bond donors (Lipinski definition) is 8. The van der Waals surface area contributed by atoms with Gasteiger partial charge in [0.15, 0.2) is 0 Å². The van der Waals surface area contributed by atoms with Gasteiger partial charge < -0.3 is 62.6 Å². The summed E-state index contributed by atoms with van der Waals surface area (Å²) < 4.78 is 9.18. The Morgan fingerprint density at radius 2 is 1.04 bits per heavy atom. The quantitative estimate of drug-likeness (QED) is 0.0386. The van der Waals surface area contributed by atoms with E-state index >= 15 is 0 Å². The number of carbonyl (C=O) groups excluding carboxylic acids is 8. The van der Waals surface area contributed by atoms with Gasteiger partial charge in [-0.15, -0.1) is 0 Å². The molecule has 0 heterocycles. The normalized spacial score (nSPS) is 12.3. The summed E-state index contributed by atoms with van der Waals surface area (Å²) >= 11 is 0. The summed E-state index contributed by atoms with van der Waals surface area (Å²) in [5, 5.41) is 16.2. The highest BCUT2D eigenvalue weighted by Gasteiger charge is 2.25. The average molecular weight is 759 g/mol. The Bertz CT molecular complexity index is 1130. The van der Waals surface area contributed by atoms with Gasteiger partial charge in [-0.3, -0.25) is 28.8 Å². The van der Waals surface area contributed by atoms with Gasteiger partial charge in [0.2, 0.25) is 35.4 Å². The van der Waals surface area contributed by atoms with Crippen LogP contribution >= 0.6 is 0 Å². The minimum Gasteiger partial charge on any atom is -0.453 e. The van der Waals surface area contributed by atoms with Crippen molar-refractivity contribution in [2.75, 3.05) is 74.6 Å². The lowest BCUT2D eigenvalue weighted by molar-refractivity contribution is -0.139. The smallest absolute Gasteiger partial charge is 0.407 e. The molecule has 2 unspecified atom stereocenters. The Morgan fingerprint density at radius 3 is 1.45 bits per heavy atom. The van der Waals surface area contributed by atoms with Crippen LogP contribution in [0.4, 0.5) is 9.59 Å². The van der Waals surface area contributed by atoms with Crippen LogP contribution in [-0.2, 0) is 38.2 Å². The van der Waals surface area contributed by atoms with Crippen LogP contribution in [0.5, 0.6) is 0 Å². The number of likely N-dealkylation sites (N-methyl/N-ethyl adjacent to an activating group) is 3. The number of nitrogens with zero attached hydrogens (tertiary/aromatic N) is 2. The molecular weight excluding hydrogens is 696 g/mol. The molecule has 0 spiro atoms. The molecule has 0 aliphatic heterocycles. The third-order valence-corrected chi connectivity index (χ3v) is 8.30. The fraction of sp³-hybridized carbons (Fsp3) is 0.758. The zero-order valence-electron chi connectivity index (χ0n) is 31.9. The number of alkyl carbamates (subject to hydrolysis) is 2. The lowest BCUT2D eigenvalue weighted by Crippen LogP contribution is -2.48. The predicted octanol–water partition coefficient (Wildman–Crippen LogP) is -1.98. The van der Waals surface area contributed by atoms with Gasteiger partial charge in [-0.1, -0.05) is 0 Å². The lowest BCUT2D eigenvalue weighted by atomic mass is 10.1. The van der Waals surface area contributed by atoms with Gasteiger partial charge in [-0.2, -0.15) is 0 Å². The zero-order valence-corrected chi connectivity index (χ0v) is 31.9. The first-order valence-corrected chi connectivity index (χ1v) is 17.9. The number of amides is 8. The fourth-order valence-corrected chi connectivity index (χ4v) is 5.15. The van der Waals surface area contributed by atoms with Gasteiger partial charge in [0.05, 0.1) is 26.3 Å². The molecule has 0 bridgehead atoms. The average Bonchev–Trinajstić information content (AvgIpc) is 3.12. The molecule has 0 aliphatic rings. The van der Waals surface area contributed by atoms with Crippen LogP contribution in [0.2, 0.25) is 0 Å². The molecule has 3 atom stereocenters. The maximum absolute atomic E-state index is 13.3. The van der Waals surface area contributed by atoms with E-state index in [0.29, 0.717) is 57.9 Å². The number of unbranched alkanes of at least 4 members (excludes halogenated alkanes) is 3. The second-order valence-corrected chi connectivity index (χ2v) is 12.4. The third kappa shape index (κ3) is 22.7. The number of ether oxygens (including phenoxy) is 2. The van der Waals surface area contributed by atoms with E-state index < -0.39 is 65.8 Å². The summed E-state index contributed by atoms with van der Waals surface area (Å²) in [7, 11) is 7.22. The van der Waals surface area contributed by atoms with Crippen LogP contribution in [0.1, 0.15) is 70.6 Å². The van der Waals surface area contributed by atoms with Gasteiger partial charge in [0, 0.05) is 39.6 Å². The molecule has 10 N–H and O–H groups in total. The minimum atomic E-state index is -0.912. The largest absolute Gasteiger partial charge is 0.453 e. The summed E-state index contributed by atoms with van der Waals surface area (Å²) in [5.41, 5.74) is 10.7. The number of nitrogens with two attached hydrogens (primary N) is 2. The molecule has 20 nitrogen and oxygen atoms in total. The van der Waals surface area contributed by atoms with Crippen LogP contribution in [0.25, 0.3) is 0 Å². The number of methoxy groups -OCH3 is 2. The van der Waals surface area contributed by atoms with Crippen molar-refractivity contribution in [3.8, 4) is 0 Å². The molecule has 304 valence electrons. The highest BCUT2D eigenvalue weighted by atomic mass is 16.5. The second-order valence-electron chi connectivity index (χ2n) is 12.4. The van der Waals surface area contributed by atoms with E-state index in [1.54, 1.807) is 14.1 Å². The molecule has 0 aromatic heterocycles. The number of rotatable bonds is 29. The van der Waals surface area contributed by atoms with Gasteiger partial charge >= 0.3 is 12.2 Å². The van der Waals surface area contributed by atoms with E-state index in [1.165, 1.54) is 26.2 Å². The zero-order chi connectivity index (χ0) is 40.2. The molecule has 0 saturated carbocycles. The van der Waals surface area contributed by atoms with Gasteiger partial charge in [-0.05, 0) is 78.3 Å². The molecule has 0 radical (unpaired) electrons. The molecule has 20 heteroatoms. The first kappa shape index (κ1) is 48.3. The van der Waals surface area contributed by atoms with E-state index in [-0.39, 0.29) is 52.0 Å². The number of carbonyl (C=O) groups is 8. The summed E-state index contributed by atoms with van der Waals surface area (Å²) in [6.07, 6.45) is 3.38. The van der Waals surface area contributed by atoms with Crippen LogP contribution in [0.3, 0.4) is 0 Å². The van der Waals surface area contributed by atoms with Crippen LogP contribution in [0, 0.1) is 0 Å². The van der Waals surface area contributed by atoms with E-state index in [9.17, 15) is 38.4 Å². The van der Waals surface area contributed by atoms with Crippen molar-refractivity contribution in [1.82, 2.24) is 41.7 Å². The lowest BCUT2D eigenvalue weighted by Gasteiger charge is -2.25. The summed E-state index contributed by atoms with van der Waals surface area (Å²) in [5.74, 6) is -2.76. The number of nitrogens with one attached hydrogen (secondary N) is 6. The Labute approximate surface area is 311 Å². The van der Waals surface area contributed by atoms with Gasteiger partial charge in [0.25, 0.3) is 0 Å². The van der Waals surface area contributed by atoms with Crippen molar-refractivity contribution in [2.45, 2.75) is 88.8 Å². The molecule has 0 aromatic carbocycles. The van der Waals surface area contributed by atoms with E-state index in [4.69, 9.17) is 11.5 Å². The van der Waals surface area contributed by atoms with Crippen molar-refractivity contribution < 1.29 is 47.8 Å². The number of hydrogen-bond acceptors (Lipinski definition) is 12. The fourth-order valence-electron chi connectivity index (χ4n) is 5.15. The van der Waals surface area contributed by atoms with E-state index in [0.717, 1.165) is 4.90 Å². The van der Waals surface area contributed by atoms with Crippen molar-refractivity contribution >= 4 is 47.6 Å². The highest BCUT2D eigenvalue weighted by molar-refractivity contribution is 5.89. The van der Waals surface area contributed by atoms with Gasteiger partial charge in [-0.25, -0.2) is 9.59 Å². The van der Waals surface area contributed by atoms with Crippen molar-refractivity contribution in [3.05, 3.63) is 0 Å². The molecule has 0 aliphatic carbocycles. The van der Waals surface area contributed by atoms with Crippen LogP contribution < -0.4 is 43.4 Å². The summed E-state index contributed by atoms with van der Waals surface area (Å²) in [6, 6.07) is -1.86. The molecule has 0 fully saturated rings. The second kappa shape index (κ2) is 28.8. The Balaban J connectivity index is 5.25. The van der Waals surface area contributed by atoms with Crippen LogP contribution in [0.15, 0.2) is 0 Å². The summed E-state index contributed by atoms with van der Waals surface area (Å²) in [6.45, 7) is 0.281. The predicted molar refractivity (Wildman–Crippen MR) is 195 cm³/mol. The first-order chi connectivity index (χ1) is 25.2. The van der Waals surface area contributed by atoms with E-state index in [1.807, 2.05) is 0 Å². The molecule has 0 aromatic rings. The molecule has 53 heavy (non-hydrogen) atoms. The minimum absolute atomic E-state index is 0.0798. The van der Waals surface area contributed by atoms with Crippen molar-refractivity contribution in [3.63, 3.8) is 0 Å². The topological polar surface area (TPSA) is 286 Å². The molecule has 0 saturated heterocycles. The summed E-state index contributed by atoms with van der Waals surface area (Å²) in [4.78, 5) is 101. The van der Waals surface area contributed by atoms with Crippen LogP contribution in [-0.4, -0.2) is 150 Å². The SMILES string of the molecule is CNC(CCCCNC(=O)CN(CC(=O)NCCCCC(NC)C(N)=O)C(=O)CCCN(C)C(=O)[C@H](CCCCNC(=O)OC)NC(=O)OC)C(N)=O. The van der Waals surface area contributed by atoms with E-state index in [2.05, 4.69) is 41.4 Å². The van der Waals surface area contributed by atoms with Gasteiger partial charge in [0.1, 0.15) is 19.1 Å². The Kier molecular flexibility index (Phi) is 26.3. The Hall–Kier alpha value is -4.72. The number of primary amides is 2. The van der Waals surface area contributed by atoms with Crippen molar-refractivity contribution in [1.29, 1.82) is 0 Å². The monoisotopic (exact) mass is 758 g/mol. The maximum atomic E-state index is 13.3. The standard InChI is InChI=1S/C33H62N10O10/c1-36-23(29(34)47)13-6-9-17-38-26(44)21-43(22-27(45)39-18-10-7-14-24(37-2)30(35)48)28(46)16-12-20-42(3)31(49)25(41-33(51)53-5)15-8-11-19-40-32(50)52-4/h23-25,36-37H,6-22H2,1-5H3,(H2,34,47)(H2,35,48)(H,38,44)(H,39,45)(H,40,50)(H,41,51)/t23?,24?,25-/m0/s1.